The van der Waals surface area contributed by atoms with E-state index in [0.717, 1.165) is 19.3 Å². The molecule has 1 aliphatic rings. The van der Waals surface area contributed by atoms with Crippen molar-refractivity contribution in [2.75, 3.05) is 6.54 Å². The molecular formula is C18H32N4O5. The first kappa shape index (κ1) is 23.1. The van der Waals surface area contributed by atoms with E-state index < -0.39 is 29.9 Å². The molecule has 154 valence electrons. The van der Waals surface area contributed by atoms with Gasteiger partial charge in [-0.3, -0.25) is 15.0 Å². The van der Waals surface area contributed by atoms with Gasteiger partial charge in [-0.25, -0.2) is 10.2 Å². The average molecular weight is 384 g/mol. The number of amides is 2. The summed E-state index contributed by atoms with van der Waals surface area (Å²) in [4.78, 5) is 35.9. The molecule has 3 atom stereocenters. The van der Waals surface area contributed by atoms with E-state index in [1.807, 2.05) is 20.8 Å². The Labute approximate surface area is 160 Å². The normalized spacial score (nSPS) is 22.3. The fourth-order valence-electron chi connectivity index (χ4n) is 3.01. The largest absolute Gasteiger partial charge is 0.478 e. The van der Waals surface area contributed by atoms with Crippen LogP contribution in [0.2, 0.25) is 0 Å². The standard InChI is InChI=1S/C18H32N4O5/c1-5-8-19-22-21-17(24)14-9-12(18(25)26)10-15(16(14)20-11(4)23)27-13(6-2)7-3/h10,13-16,19,22H,5-9H2,1-4H3,(H,20,23)(H,21,24)(H,25,26)/t14-,15+,16+/m0/s1. The van der Waals surface area contributed by atoms with Crippen LogP contribution in [0, 0.1) is 5.92 Å². The topological polar surface area (TPSA) is 129 Å². The van der Waals surface area contributed by atoms with Crippen molar-refractivity contribution in [3.05, 3.63) is 11.6 Å². The molecule has 9 heteroatoms. The number of hydrogen-bond acceptors (Lipinski definition) is 6. The molecule has 27 heavy (non-hydrogen) atoms. The molecule has 0 radical (unpaired) electrons. The van der Waals surface area contributed by atoms with Gasteiger partial charge in [-0.2, -0.15) is 5.53 Å². The first-order valence-electron chi connectivity index (χ1n) is 9.48. The predicted octanol–water partition coefficient (Wildman–Crippen LogP) is 0.631. The van der Waals surface area contributed by atoms with Gasteiger partial charge in [0.25, 0.3) is 0 Å². The number of hydrogen-bond donors (Lipinski definition) is 5. The Bertz CT molecular complexity index is 548. The molecule has 0 aliphatic heterocycles. The van der Waals surface area contributed by atoms with E-state index in [1.165, 1.54) is 13.0 Å². The lowest BCUT2D eigenvalue weighted by Gasteiger charge is -2.37. The first-order valence-corrected chi connectivity index (χ1v) is 9.48. The summed E-state index contributed by atoms with van der Waals surface area (Å²) in [6.45, 7) is 7.94. The number of ether oxygens (including phenoxy) is 1. The molecule has 0 fully saturated rings. The van der Waals surface area contributed by atoms with Crippen molar-refractivity contribution < 1.29 is 24.2 Å². The Kier molecular flexibility index (Phi) is 9.98. The third-order valence-corrected chi connectivity index (χ3v) is 4.48. The number of aliphatic carboxylic acids is 1. The fourth-order valence-corrected chi connectivity index (χ4v) is 3.01. The molecule has 0 aromatic heterocycles. The van der Waals surface area contributed by atoms with Crippen molar-refractivity contribution in [2.45, 2.75) is 71.6 Å². The number of carbonyl (C=O) groups is 3. The summed E-state index contributed by atoms with van der Waals surface area (Å²) in [6.07, 6.45) is 3.09. The zero-order valence-corrected chi connectivity index (χ0v) is 16.5. The molecule has 0 spiro atoms. The Morgan fingerprint density at radius 1 is 1.26 bits per heavy atom. The highest BCUT2D eigenvalue weighted by molar-refractivity contribution is 5.90. The van der Waals surface area contributed by atoms with Gasteiger partial charge >= 0.3 is 5.97 Å². The fraction of sp³-hybridized carbons (Fsp3) is 0.722. The summed E-state index contributed by atoms with van der Waals surface area (Å²) in [5.74, 6) is -2.59. The Morgan fingerprint density at radius 3 is 2.44 bits per heavy atom. The van der Waals surface area contributed by atoms with Gasteiger partial charge in [0.2, 0.25) is 11.8 Å². The number of hydrazine groups is 2. The molecular weight excluding hydrogens is 352 g/mol. The van der Waals surface area contributed by atoms with Crippen LogP contribution >= 0.6 is 0 Å². The molecule has 5 N–H and O–H groups in total. The van der Waals surface area contributed by atoms with Gasteiger partial charge in [-0.1, -0.05) is 20.8 Å². The number of nitrogens with one attached hydrogen (secondary N) is 4. The maximum absolute atomic E-state index is 12.7. The number of carboxylic acid groups (broad SMARTS) is 1. The van der Waals surface area contributed by atoms with Crippen LogP contribution in [0.1, 0.15) is 53.4 Å². The van der Waals surface area contributed by atoms with E-state index in [4.69, 9.17) is 4.74 Å². The minimum Gasteiger partial charge on any atom is -0.478 e. The highest BCUT2D eigenvalue weighted by Crippen LogP contribution is 2.29. The lowest BCUT2D eigenvalue weighted by atomic mass is 9.81. The van der Waals surface area contributed by atoms with Crippen molar-refractivity contribution in [1.82, 2.24) is 21.7 Å². The van der Waals surface area contributed by atoms with Crippen LogP contribution in [0.5, 0.6) is 0 Å². The van der Waals surface area contributed by atoms with Crippen LogP contribution in [0.3, 0.4) is 0 Å². The van der Waals surface area contributed by atoms with E-state index in [2.05, 4.69) is 21.7 Å². The predicted molar refractivity (Wildman–Crippen MR) is 100 cm³/mol. The number of rotatable bonds is 11. The Morgan fingerprint density at radius 2 is 1.93 bits per heavy atom. The Balaban J connectivity index is 3.06. The summed E-state index contributed by atoms with van der Waals surface area (Å²) in [6, 6.07) is -0.654. The maximum atomic E-state index is 12.7. The maximum Gasteiger partial charge on any atom is 0.331 e. The first-order chi connectivity index (χ1) is 12.8. The molecule has 0 heterocycles. The van der Waals surface area contributed by atoms with Gasteiger partial charge in [-0.15, -0.1) is 0 Å². The third kappa shape index (κ3) is 7.28. The van der Waals surface area contributed by atoms with Gasteiger partial charge in [0, 0.05) is 19.0 Å². The van der Waals surface area contributed by atoms with Crippen LogP contribution < -0.4 is 21.7 Å². The summed E-state index contributed by atoms with van der Waals surface area (Å²) in [7, 11) is 0. The smallest absolute Gasteiger partial charge is 0.331 e. The molecule has 0 saturated carbocycles. The summed E-state index contributed by atoms with van der Waals surface area (Å²) in [5, 5.41) is 12.2. The van der Waals surface area contributed by atoms with Gasteiger partial charge in [0.05, 0.1) is 24.2 Å². The van der Waals surface area contributed by atoms with Crippen LogP contribution in [0.15, 0.2) is 11.6 Å². The lowest BCUT2D eigenvalue weighted by Crippen LogP contribution is -2.58. The van der Waals surface area contributed by atoms with Crippen LogP contribution in [-0.2, 0) is 19.1 Å². The second kappa shape index (κ2) is 11.7. The minimum absolute atomic E-state index is 0.00431. The van der Waals surface area contributed by atoms with Gasteiger partial charge in [-0.05, 0) is 31.8 Å². The van der Waals surface area contributed by atoms with Crippen LogP contribution in [-0.4, -0.2) is 47.7 Å². The highest BCUT2D eigenvalue weighted by atomic mass is 16.5. The molecule has 1 aliphatic carbocycles. The average Bonchev–Trinajstić information content (AvgIpc) is 2.63. The van der Waals surface area contributed by atoms with Crippen molar-refractivity contribution in [2.24, 2.45) is 5.92 Å². The second-order valence-electron chi connectivity index (χ2n) is 6.61. The van der Waals surface area contributed by atoms with Crippen molar-refractivity contribution >= 4 is 17.8 Å². The third-order valence-electron chi connectivity index (χ3n) is 4.48. The van der Waals surface area contributed by atoms with Crippen molar-refractivity contribution in [1.29, 1.82) is 0 Å². The molecule has 9 nitrogen and oxygen atoms in total. The van der Waals surface area contributed by atoms with E-state index in [-0.39, 0.29) is 24.0 Å². The molecule has 0 aromatic rings. The van der Waals surface area contributed by atoms with Crippen LogP contribution in [0.4, 0.5) is 0 Å². The summed E-state index contributed by atoms with van der Waals surface area (Å²) >= 11 is 0. The molecule has 0 aromatic carbocycles. The number of carboxylic acids is 1. The zero-order valence-electron chi connectivity index (χ0n) is 16.5. The molecule has 0 saturated heterocycles. The van der Waals surface area contributed by atoms with Crippen LogP contribution in [0.25, 0.3) is 0 Å². The van der Waals surface area contributed by atoms with E-state index >= 15 is 0 Å². The number of carbonyl (C=O) groups excluding carboxylic acids is 2. The van der Waals surface area contributed by atoms with Crippen molar-refractivity contribution in [3.63, 3.8) is 0 Å². The van der Waals surface area contributed by atoms with Gasteiger partial charge in [0.15, 0.2) is 0 Å². The highest BCUT2D eigenvalue weighted by Gasteiger charge is 2.41. The van der Waals surface area contributed by atoms with E-state index in [1.54, 1.807) is 0 Å². The van der Waals surface area contributed by atoms with E-state index in [0.29, 0.717) is 6.54 Å². The molecule has 0 bridgehead atoms. The molecule has 1 rings (SSSR count). The summed E-state index contributed by atoms with van der Waals surface area (Å²) < 4.78 is 6.04. The monoisotopic (exact) mass is 384 g/mol. The molecule has 0 unspecified atom stereocenters. The lowest BCUT2D eigenvalue weighted by molar-refractivity contribution is -0.135. The zero-order chi connectivity index (χ0) is 20.4. The summed E-state index contributed by atoms with van der Waals surface area (Å²) in [5.41, 5.74) is 8.06. The van der Waals surface area contributed by atoms with Gasteiger partial charge < -0.3 is 15.2 Å². The minimum atomic E-state index is -1.09. The Hall–Kier alpha value is -1.97. The SMILES string of the molecule is CCCNNNC(=O)[C@H]1CC(C(=O)O)=C[C@@H](OC(CC)CC)[C@@H]1NC(C)=O. The van der Waals surface area contributed by atoms with Gasteiger partial charge in [0.1, 0.15) is 0 Å². The van der Waals surface area contributed by atoms with E-state index in [9.17, 15) is 19.5 Å². The quantitative estimate of drug-likeness (QED) is 0.261. The van der Waals surface area contributed by atoms with Crippen molar-refractivity contribution in [3.8, 4) is 0 Å². The second-order valence-corrected chi connectivity index (χ2v) is 6.61. The molecule has 2 amide bonds.